The van der Waals surface area contributed by atoms with Crippen molar-refractivity contribution in [1.82, 2.24) is 5.32 Å². The fourth-order valence-electron chi connectivity index (χ4n) is 7.18. The number of furan rings is 1. The predicted molar refractivity (Wildman–Crippen MR) is 112 cm³/mol. The second kappa shape index (κ2) is 6.03. The van der Waals surface area contributed by atoms with Gasteiger partial charge in [0.1, 0.15) is 5.76 Å². The van der Waals surface area contributed by atoms with Crippen LogP contribution in [-0.4, -0.2) is 11.4 Å². The summed E-state index contributed by atoms with van der Waals surface area (Å²) in [6.45, 7) is 4.81. The quantitative estimate of drug-likeness (QED) is 0.600. The molecule has 1 amide bonds. The molecule has 4 atom stereocenters. The summed E-state index contributed by atoms with van der Waals surface area (Å²) >= 11 is 12.4. The first kappa shape index (κ1) is 18.6. The maximum atomic E-state index is 13.1. The minimum Gasteiger partial charge on any atom is -0.451 e. The molecular weight excluding hydrogens is 393 g/mol. The van der Waals surface area contributed by atoms with Crippen LogP contribution in [-0.2, 0) is 0 Å². The van der Waals surface area contributed by atoms with E-state index < -0.39 is 0 Å². The molecule has 3 nitrogen and oxygen atoms in total. The van der Waals surface area contributed by atoms with E-state index in [2.05, 4.69) is 19.2 Å². The number of hydrogen-bond acceptors (Lipinski definition) is 2. The van der Waals surface area contributed by atoms with Crippen molar-refractivity contribution in [3.8, 4) is 11.3 Å². The lowest BCUT2D eigenvalue weighted by Gasteiger charge is -2.65. The molecule has 0 saturated heterocycles. The average molecular weight is 418 g/mol. The Morgan fingerprint density at radius 3 is 2.43 bits per heavy atom. The summed E-state index contributed by atoms with van der Waals surface area (Å²) in [6, 6.07) is 8.74. The number of halogens is 2. The molecule has 4 fully saturated rings. The maximum Gasteiger partial charge on any atom is 0.287 e. The normalized spacial score (nSPS) is 35.9. The molecule has 4 saturated carbocycles. The van der Waals surface area contributed by atoms with Crippen molar-refractivity contribution in [2.24, 2.45) is 16.7 Å². The van der Waals surface area contributed by atoms with Crippen LogP contribution in [0.4, 0.5) is 0 Å². The van der Waals surface area contributed by atoms with Crippen LogP contribution in [0.15, 0.2) is 34.7 Å². The van der Waals surface area contributed by atoms with Gasteiger partial charge in [0.25, 0.3) is 5.91 Å². The van der Waals surface area contributed by atoms with Crippen molar-refractivity contribution in [3.63, 3.8) is 0 Å². The van der Waals surface area contributed by atoms with Crippen molar-refractivity contribution in [1.29, 1.82) is 0 Å². The summed E-state index contributed by atoms with van der Waals surface area (Å²) < 4.78 is 5.88. The number of nitrogens with one attached hydrogen (secondary N) is 1. The number of hydrogen-bond donors (Lipinski definition) is 1. The third-order valence-electron chi connectivity index (χ3n) is 7.03. The van der Waals surface area contributed by atoms with Gasteiger partial charge in [-0.2, -0.15) is 0 Å². The van der Waals surface area contributed by atoms with Gasteiger partial charge in [0, 0.05) is 16.1 Å². The molecule has 1 aromatic carbocycles. The van der Waals surface area contributed by atoms with Crippen LogP contribution in [0.2, 0.25) is 10.0 Å². The Bertz CT molecular complexity index is 947. The molecule has 1 aromatic heterocycles. The highest BCUT2D eigenvalue weighted by molar-refractivity contribution is 6.35. The van der Waals surface area contributed by atoms with E-state index in [0.29, 0.717) is 38.0 Å². The summed E-state index contributed by atoms with van der Waals surface area (Å²) in [5, 5.41) is 4.52. The molecule has 5 heteroatoms. The molecule has 0 radical (unpaired) electrons. The van der Waals surface area contributed by atoms with Crippen LogP contribution in [0, 0.1) is 16.7 Å². The average Bonchev–Trinajstić information content (AvgIpc) is 3.03. The maximum absolute atomic E-state index is 13.1. The van der Waals surface area contributed by atoms with Gasteiger partial charge in [-0.05, 0) is 85.6 Å². The summed E-state index contributed by atoms with van der Waals surface area (Å²) in [7, 11) is 0. The second-order valence-corrected chi connectivity index (χ2v) is 11.0. The van der Waals surface area contributed by atoms with Gasteiger partial charge in [0.05, 0.1) is 5.02 Å². The summed E-state index contributed by atoms with van der Waals surface area (Å²) in [6.07, 6.45) is 7.14. The molecule has 2 unspecified atom stereocenters. The number of amides is 1. The van der Waals surface area contributed by atoms with Crippen LogP contribution in [0.25, 0.3) is 11.3 Å². The highest BCUT2D eigenvalue weighted by Crippen LogP contribution is 2.66. The van der Waals surface area contributed by atoms with Gasteiger partial charge in [-0.15, -0.1) is 0 Å². The van der Waals surface area contributed by atoms with Crippen LogP contribution < -0.4 is 5.32 Å². The zero-order valence-corrected chi connectivity index (χ0v) is 17.8. The SMILES string of the molecule is C[C@]12CC3CC(NC(=O)c4ccc(-c5cc(Cl)ccc5Cl)o4)(C1)C[C@@](C)(C3)C2. The first-order valence-corrected chi connectivity index (χ1v) is 10.8. The van der Waals surface area contributed by atoms with Gasteiger partial charge in [-0.1, -0.05) is 37.0 Å². The monoisotopic (exact) mass is 417 g/mol. The number of benzene rings is 1. The van der Waals surface area contributed by atoms with Gasteiger partial charge in [0.2, 0.25) is 0 Å². The molecule has 0 spiro atoms. The lowest BCUT2D eigenvalue weighted by atomic mass is 9.43. The van der Waals surface area contributed by atoms with Crippen molar-refractivity contribution in [2.75, 3.05) is 0 Å². The van der Waals surface area contributed by atoms with Crippen LogP contribution in [0.1, 0.15) is 62.9 Å². The van der Waals surface area contributed by atoms with E-state index in [1.807, 2.05) is 0 Å². The molecule has 28 heavy (non-hydrogen) atoms. The first-order chi connectivity index (χ1) is 13.2. The first-order valence-electron chi connectivity index (χ1n) is 10.0. The van der Waals surface area contributed by atoms with E-state index in [-0.39, 0.29) is 11.4 Å². The molecule has 0 aliphatic heterocycles. The molecular formula is C23H25Cl2NO2. The van der Waals surface area contributed by atoms with Gasteiger partial charge in [-0.25, -0.2) is 0 Å². The van der Waals surface area contributed by atoms with Gasteiger partial charge in [0.15, 0.2) is 5.76 Å². The Morgan fingerprint density at radius 2 is 1.75 bits per heavy atom. The molecule has 2 aromatic rings. The van der Waals surface area contributed by atoms with E-state index in [9.17, 15) is 4.79 Å². The fraction of sp³-hybridized carbons (Fsp3) is 0.522. The van der Waals surface area contributed by atoms with Crippen molar-refractivity contribution in [2.45, 2.75) is 57.9 Å². The lowest BCUT2D eigenvalue weighted by molar-refractivity contribution is -0.114. The molecule has 6 rings (SSSR count). The minimum absolute atomic E-state index is 0.0966. The van der Waals surface area contributed by atoms with Crippen molar-refractivity contribution >= 4 is 29.1 Å². The molecule has 4 aliphatic carbocycles. The Hall–Kier alpha value is -1.45. The van der Waals surface area contributed by atoms with Crippen molar-refractivity contribution in [3.05, 3.63) is 46.1 Å². The summed E-state index contributed by atoms with van der Waals surface area (Å²) in [5.74, 6) is 1.49. The number of rotatable bonds is 3. The van der Waals surface area contributed by atoms with E-state index >= 15 is 0 Å². The Kier molecular flexibility index (Phi) is 4.00. The topological polar surface area (TPSA) is 42.2 Å². The highest BCUT2D eigenvalue weighted by atomic mass is 35.5. The molecule has 4 bridgehead atoms. The van der Waals surface area contributed by atoms with E-state index in [4.69, 9.17) is 27.6 Å². The third-order valence-corrected chi connectivity index (χ3v) is 7.59. The zero-order chi connectivity index (χ0) is 19.7. The standard InChI is InChI=1S/C23H25Cl2NO2/c1-21-8-14-9-22(2,11-21)13-23(10-14,12-21)26-20(27)19-6-5-18(28-19)16-7-15(24)3-4-17(16)25/h3-7,14H,8-13H2,1-2H3,(H,26,27)/t14?,21-,22+,23?. The molecule has 1 heterocycles. The number of carbonyl (C=O) groups excluding carboxylic acids is 1. The Balaban J connectivity index is 1.40. The van der Waals surface area contributed by atoms with Crippen molar-refractivity contribution < 1.29 is 9.21 Å². The van der Waals surface area contributed by atoms with Gasteiger partial charge < -0.3 is 9.73 Å². The Morgan fingerprint density at radius 1 is 1.04 bits per heavy atom. The Labute approximate surface area is 175 Å². The third kappa shape index (κ3) is 3.07. The van der Waals surface area contributed by atoms with Gasteiger partial charge >= 0.3 is 0 Å². The van der Waals surface area contributed by atoms with Crippen LogP contribution in [0.5, 0.6) is 0 Å². The largest absolute Gasteiger partial charge is 0.451 e. The smallest absolute Gasteiger partial charge is 0.287 e. The van der Waals surface area contributed by atoms with E-state index in [1.54, 1.807) is 30.3 Å². The predicted octanol–water partition coefficient (Wildman–Crippen LogP) is 6.73. The lowest BCUT2D eigenvalue weighted by Crippen LogP contribution is -2.65. The molecule has 4 aliphatic rings. The molecule has 148 valence electrons. The second-order valence-electron chi connectivity index (χ2n) is 10.2. The van der Waals surface area contributed by atoms with E-state index in [1.165, 1.54) is 19.3 Å². The highest BCUT2D eigenvalue weighted by Gasteiger charge is 2.60. The summed E-state index contributed by atoms with van der Waals surface area (Å²) in [5.41, 5.74) is 1.30. The van der Waals surface area contributed by atoms with Gasteiger partial charge in [-0.3, -0.25) is 4.79 Å². The number of carbonyl (C=O) groups is 1. The zero-order valence-electron chi connectivity index (χ0n) is 16.3. The summed E-state index contributed by atoms with van der Waals surface area (Å²) in [4.78, 5) is 13.1. The van der Waals surface area contributed by atoms with Crippen LogP contribution in [0.3, 0.4) is 0 Å². The van der Waals surface area contributed by atoms with E-state index in [0.717, 1.165) is 25.2 Å². The minimum atomic E-state index is -0.126. The molecule has 1 N–H and O–H groups in total. The fourth-order valence-corrected chi connectivity index (χ4v) is 7.56. The van der Waals surface area contributed by atoms with Crippen LogP contribution >= 0.6 is 23.2 Å².